The highest BCUT2D eigenvalue weighted by Gasteiger charge is 2.50. The zero-order chi connectivity index (χ0) is 17.1. The summed E-state index contributed by atoms with van der Waals surface area (Å²) in [6, 6.07) is 0. The molecule has 1 unspecified atom stereocenters. The molecule has 0 radical (unpaired) electrons. The Morgan fingerprint density at radius 1 is 1.00 bits per heavy atom. The van der Waals surface area contributed by atoms with Crippen molar-refractivity contribution in [2.45, 2.75) is 45.8 Å². The van der Waals surface area contributed by atoms with Gasteiger partial charge in [-0.15, -0.1) is 0 Å². The van der Waals surface area contributed by atoms with E-state index in [-0.39, 0.29) is 0 Å². The Morgan fingerprint density at radius 2 is 1.41 bits per heavy atom. The molecule has 0 aromatic carbocycles. The van der Waals surface area contributed by atoms with Crippen LogP contribution in [0.2, 0.25) is 0 Å². The lowest BCUT2D eigenvalue weighted by atomic mass is 9.85. The van der Waals surface area contributed by atoms with E-state index in [1.165, 1.54) is 14.2 Å². The third-order valence-electron chi connectivity index (χ3n) is 4.28. The summed E-state index contributed by atoms with van der Waals surface area (Å²) in [5.41, 5.74) is -0.870. The van der Waals surface area contributed by atoms with Crippen molar-refractivity contribution in [1.82, 2.24) is 0 Å². The molecule has 1 heterocycles. The van der Waals surface area contributed by atoms with Crippen LogP contribution in [0, 0.1) is 11.8 Å². The van der Waals surface area contributed by atoms with Crippen LogP contribution in [0.25, 0.3) is 0 Å². The third kappa shape index (κ3) is 3.90. The van der Waals surface area contributed by atoms with E-state index in [2.05, 4.69) is 9.47 Å². The molecule has 1 aliphatic heterocycles. The summed E-state index contributed by atoms with van der Waals surface area (Å²) in [6.45, 7) is 9.55. The second-order valence-corrected chi connectivity index (χ2v) is 6.39. The standard InChI is InChI=1S/C15H25BO6/c1-10(11(12(17)19-6)13(18)20-7)8-9-16-21-14(2,3)15(4,5)22-16/h8-11H,1-7H3/b9-8+. The molecule has 1 fully saturated rings. The van der Waals surface area contributed by atoms with Gasteiger partial charge in [0.05, 0.1) is 25.4 Å². The number of carbonyl (C=O) groups is 2. The van der Waals surface area contributed by atoms with Crippen LogP contribution in [0.5, 0.6) is 0 Å². The van der Waals surface area contributed by atoms with Gasteiger partial charge in [-0.1, -0.05) is 19.0 Å². The van der Waals surface area contributed by atoms with Gasteiger partial charge in [-0.05, 0) is 33.6 Å². The molecular weight excluding hydrogens is 287 g/mol. The number of hydrogen-bond acceptors (Lipinski definition) is 6. The fourth-order valence-electron chi connectivity index (χ4n) is 2.12. The summed E-state index contributed by atoms with van der Waals surface area (Å²) < 4.78 is 21.0. The van der Waals surface area contributed by atoms with Crippen molar-refractivity contribution in [3.8, 4) is 0 Å². The molecule has 0 saturated carbocycles. The number of esters is 2. The molecule has 0 aromatic rings. The van der Waals surface area contributed by atoms with Crippen LogP contribution in [-0.2, 0) is 28.4 Å². The lowest BCUT2D eigenvalue weighted by Gasteiger charge is -2.32. The summed E-state index contributed by atoms with van der Waals surface area (Å²) in [6.07, 6.45) is 1.71. The number of rotatable bonds is 5. The van der Waals surface area contributed by atoms with Crippen molar-refractivity contribution < 1.29 is 28.4 Å². The van der Waals surface area contributed by atoms with Gasteiger partial charge < -0.3 is 18.8 Å². The van der Waals surface area contributed by atoms with Crippen LogP contribution >= 0.6 is 0 Å². The topological polar surface area (TPSA) is 71.1 Å². The van der Waals surface area contributed by atoms with Crippen molar-refractivity contribution in [1.29, 1.82) is 0 Å². The number of hydrogen-bond donors (Lipinski definition) is 0. The van der Waals surface area contributed by atoms with Crippen molar-refractivity contribution in [3.63, 3.8) is 0 Å². The zero-order valence-electron chi connectivity index (χ0n) is 14.3. The minimum absolute atomic E-state index is 0.404. The second kappa shape index (κ2) is 6.83. The molecule has 0 bridgehead atoms. The summed E-state index contributed by atoms with van der Waals surface area (Å²) in [5.74, 6) is -0.955. The van der Waals surface area contributed by atoms with E-state index < -0.39 is 42.1 Å². The lowest BCUT2D eigenvalue weighted by Crippen LogP contribution is -2.41. The largest absolute Gasteiger partial charge is 0.486 e. The van der Waals surface area contributed by atoms with Crippen LogP contribution in [-0.4, -0.2) is 44.5 Å². The Morgan fingerprint density at radius 3 is 1.77 bits per heavy atom. The molecule has 22 heavy (non-hydrogen) atoms. The van der Waals surface area contributed by atoms with E-state index in [0.717, 1.165) is 0 Å². The maximum atomic E-state index is 11.7. The Bertz CT molecular complexity index is 425. The van der Waals surface area contributed by atoms with E-state index in [9.17, 15) is 9.59 Å². The predicted molar refractivity (Wildman–Crippen MR) is 81.9 cm³/mol. The highest BCUT2D eigenvalue weighted by atomic mass is 16.7. The van der Waals surface area contributed by atoms with Gasteiger partial charge >= 0.3 is 19.1 Å². The first-order valence-corrected chi connectivity index (χ1v) is 7.25. The smallest absolute Gasteiger partial charge is 0.468 e. The molecule has 0 aromatic heterocycles. The maximum Gasteiger partial charge on any atom is 0.486 e. The van der Waals surface area contributed by atoms with E-state index in [0.29, 0.717) is 0 Å². The average Bonchev–Trinajstić information content (AvgIpc) is 2.64. The van der Waals surface area contributed by atoms with Crippen molar-refractivity contribution in [2.24, 2.45) is 11.8 Å². The molecule has 7 heteroatoms. The number of allylic oxidation sites excluding steroid dienone is 1. The van der Waals surface area contributed by atoms with Crippen molar-refractivity contribution in [3.05, 3.63) is 12.1 Å². The van der Waals surface area contributed by atoms with E-state index >= 15 is 0 Å². The van der Waals surface area contributed by atoms with Gasteiger partial charge in [-0.25, -0.2) is 0 Å². The molecule has 124 valence electrons. The molecule has 0 spiro atoms. The average molecular weight is 312 g/mol. The van der Waals surface area contributed by atoms with Crippen molar-refractivity contribution in [2.75, 3.05) is 14.2 Å². The molecule has 0 aliphatic carbocycles. The molecular formula is C15H25BO6. The first kappa shape index (κ1) is 18.7. The number of carbonyl (C=O) groups excluding carboxylic acids is 2. The molecule has 0 amide bonds. The summed E-state index contributed by atoms with van der Waals surface area (Å²) in [4.78, 5) is 23.5. The predicted octanol–water partition coefficient (Wildman–Crippen LogP) is 1.77. The Kier molecular flexibility index (Phi) is 5.81. The molecule has 1 atom stereocenters. The molecule has 0 N–H and O–H groups in total. The maximum absolute atomic E-state index is 11.7. The van der Waals surface area contributed by atoms with E-state index in [1.807, 2.05) is 27.7 Å². The van der Waals surface area contributed by atoms with E-state index in [4.69, 9.17) is 9.31 Å². The van der Waals surface area contributed by atoms with Crippen LogP contribution < -0.4 is 0 Å². The first-order chi connectivity index (χ1) is 10.1. The van der Waals surface area contributed by atoms with Gasteiger partial charge in [0, 0.05) is 0 Å². The monoisotopic (exact) mass is 312 g/mol. The first-order valence-electron chi connectivity index (χ1n) is 7.25. The number of methoxy groups -OCH3 is 2. The van der Waals surface area contributed by atoms with Gasteiger partial charge in [0.1, 0.15) is 0 Å². The summed E-state index contributed by atoms with van der Waals surface area (Å²) in [7, 11) is 1.95. The minimum Gasteiger partial charge on any atom is -0.468 e. The minimum atomic E-state index is -1.01. The van der Waals surface area contributed by atoms with Gasteiger partial charge in [0.25, 0.3) is 0 Å². The molecule has 1 rings (SSSR count). The van der Waals surface area contributed by atoms with Crippen LogP contribution in [0.3, 0.4) is 0 Å². The highest BCUT2D eigenvalue weighted by Crippen LogP contribution is 2.37. The third-order valence-corrected chi connectivity index (χ3v) is 4.28. The summed E-state index contributed by atoms with van der Waals surface area (Å²) >= 11 is 0. The summed E-state index contributed by atoms with van der Waals surface area (Å²) in [5, 5.41) is 0. The molecule has 1 aliphatic rings. The van der Waals surface area contributed by atoms with Crippen LogP contribution in [0.1, 0.15) is 34.6 Å². The fraction of sp³-hybridized carbons (Fsp3) is 0.733. The molecule has 6 nitrogen and oxygen atoms in total. The lowest BCUT2D eigenvalue weighted by molar-refractivity contribution is -0.160. The van der Waals surface area contributed by atoms with E-state index in [1.54, 1.807) is 19.0 Å². The van der Waals surface area contributed by atoms with Crippen LogP contribution in [0.15, 0.2) is 12.1 Å². The van der Waals surface area contributed by atoms with Gasteiger partial charge in [0.15, 0.2) is 5.92 Å². The van der Waals surface area contributed by atoms with Gasteiger partial charge in [-0.3, -0.25) is 9.59 Å². The highest BCUT2D eigenvalue weighted by molar-refractivity contribution is 6.51. The number of ether oxygens (including phenoxy) is 2. The zero-order valence-corrected chi connectivity index (χ0v) is 14.3. The Labute approximate surface area is 132 Å². The normalized spacial score (nSPS) is 21.2. The second-order valence-electron chi connectivity index (χ2n) is 6.39. The SMILES string of the molecule is COC(=O)C(C(=O)OC)C(C)/C=C/B1OC(C)(C)C(C)(C)O1. The van der Waals surface area contributed by atoms with Crippen LogP contribution in [0.4, 0.5) is 0 Å². The van der Waals surface area contributed by atoms with Gasteiger partial charge in [0.2, 0.25) is 0 Å². The van der Waals surface area contributed by atoms with Gasteiger partial charge in [-0.2, -0.15) is 0 Å². The molecule has 1 saturated heterocycles. The fourth-order valence-corrected chi connectivity index (χ4v) is 2.12. The quantitative estimate of drug-likeness (QED) is 0.438. The Hall–Kier alpha value is -1.34. The van der Waals surface area contributed by atoms with Crippen molar-refractivity contribution >= 4 is 19.1 Å². The Balaban J connectivity index is 2.80.